The quantitative estimate of drug-likeness (QED) is 0.685. The number of rotatable bonds is 4. The fourth-order valence-electron chi connectivity index (χ4n) is 1.83. The Balaban J connectivity index is 1.93. The lowest BCUT2D eigenvalue weighted by molar-refractivity contribution is 0.112. The molecule has 2 heterocycles. The molecule has 2 aromatic heterocycles. The van der Waals surface area contributed by atoms with Gasteiger partial charge < -0.3 is 4.74 Å². The molecular weight excluding hydrogens is 266 g/mol. The lowest BCUT2D eigenvalue weighted by Gasteiger charge is -2.08. The van der Waals surface area contributed by atoms with Crippen LogP contribution in [0.5, 0.6) is 11.6 Å². The smallest absolute Gasteiger partial charge is 0.246 e. The van der Waals surface area contributed by atoms with E-state index >= 15 is 0 Å². The lowest BCUT2D eigenvalue weighted by atomic mass is 10.2. The van der Waals surface area contributed by atoms with Crippen molar-refractivity contribution in [2.24, 2.45) is 0 Å². The Morgan fingerprint density at radius 2 is 1.76 bits per heavy atom. The van der Waals surface area contributed by atoms with Crippen molar-refractivity contribution in [2.75, 3.05) is 0 Å². The number of carbonyl (C=O) groups excluding carboxylic acids is 1. The standard InChI is InChI=1S/C16H11N3O2/c20-11-12-3-5-14(6-4-12)21-16-15(18-8-9-19-16)13-2-1-7-17-10-13/h1-11H. The molecule has 0 saturated heterocycles. The molecule has 0 spiro atoms. The molecule has 0 radical (unpaired) electrons. The summed E-state index contributed by atoms with van der Waals surface area (Å²) in [5, 5.41) is 0. The van der Waals surface area contributed by atoms with Crippen LogP contribution in [0.3, 0.4) is 0 Å². The molecule has 0 amide bonds. The summed E-state index contributed by atoms with van der Waals surface area (Å²) in [6, 6.07) is 10.5. The highest BCUT2D eigenvalue weighted by molar-refractivity contribution is 5.74. The van der Waals surface area contributed by atoms with E-state index in [0.717, 1.165) is 11.8 Å². The highest BCUT2D eigenvalue weighted by atomic mass is 16.5. The van der Waals surface area contributed by atoms with E-state index in [9.17, 15) is 4.79 Å². The van der Waals surface area contributed by atoms with E-state index in [4.69, 9.17) is 4.74 Å². The molecule has 0 fully saturated rings. The number of hydrogen-bond acceptors (Lipinski definition) is 5. The molecule has 5 heteroatoms. The van der Waals surface area contributed by atoms with Gasteiger partial charge in [0.15, 0.2) is 0 Å². The van der Waals surface area contributed by atoms with Crippen molar-refractivity contribution in [3.8, 4) is 22.9 Å². The van der Waals surface area contributed by atoms with Crippen LogP contribution in [-0.4, -0.2) is 21.2 Å². The Kier molecular flexibility index (Phi) is 3.64. The van der Waals surface area contributed by atoms with Crippen LogP contribution in [0.25, 0.3) is 11.3 Å². The summed E-state index contributed by atoms with van der Waals surface area (Å²) in [6.07, 6.45) is 7.34. The van der Waals surface area contributed by atoms with Crippen LogP contribution >= 0.6 is 0 Å². The van der Waals surface area contributed by atoms with Gasteiger partial charge in [0.25, 0.3) is 0 Å². The van der Waals surface area contributed by atoms with Crippen LogP contribution in [0, 0.1) is 0 Å². The van der Waals surface area contributed by atoms with Gasteiger partial charge in [-0.25, -0.2) is 9.97 Å². The van der Waals surface area contributed by atoms with Gasteiger partial charge in [0.2, 0.25) is 5.88 Å². The van der Waals surface area contributed by atoms with E-state index in [1.165, 1.54) is 0 Å². The molecule has 0 atom stereocenters. The van der Waals surface area contributed by atoms with E-state index in [0.29, 0.717) is 22.9 Å². The van der Waals surface area contributed by atoms with Gasteiger partial charge in [-0.2, -0.15) is 0 Å². The van der Waals surface area contributed by atoms with Gasteiger partial charge in [0.1, 0.15) is 17.7 Å². The zero-order valence-electron chi connectivity index (χ0n) is 11.0. The van der Waals surface area contributed by atoms with Crippen molar-refractivity contribution in [3.05, 3.63) is 66.7 Å². The van der Waals surface area contributed by atoms with Gasteiger partial charge in [-0.05, 0) is 36.4 Å². The first-order chi connectivity index (χ1) is 10.4. The van der Waals surface area contributed by atoms with Crippen LogP contribution < -0.4 is 4.74 Å². The third-order valence-electron chi connectivity index (χ3n) is 2.83. The highest BCUT2D eigenvalue weighted by Gasteiger charge is 2.10. The van der Waals surface area contributed by atoms with Crippen molar-refractivity contribution < 1.29 is 9.53 Å². The summed E-state index contributed by atoms with van der Waals surface area (Å²) < 4.78 is 5.75. The van der Waals surface area contributed by atoms with Gasteiger partial charge in [-0.15, -0.1) is 0 Å². The molecule has 5 nitrogen and oxygen atoms in total. The Hall–Kier alpha value is -3.08. The fourth-order valence-corrected chi connectivity index (χ4v) is 1.83. The summed E-state index contributed by atoms with van der Waals surface area (Å²) in [4.78, 5) is 23.2. The Bertz CT molecular complexity index is 743. The topological polar surface area (TPSA) is 65.0 Å². The van der Waals surface area contributed by atoms with Crippen LogP contribution in [-0.2, 0) is 0 Å². The molecule has 0 aliphatic heterocycles. The zero-order chi connectivity index (χ0) is 14.5. The second-order valence-corrected chi connectivity index (χ2v) is 4.24. The molecule has 21 heavy (non-hydrogen) atoms. The molecule has 0 unspecified atom stereocenters. The second-order valence-electron chi connectivity index (χ2n) is 4.24. The molecule has 0 saturated carbocycles. The Morgan fingerprint density at radius 1 is 0.952 bits per heavy atom. The third kappa shape index (κ3) is 2.92. The van der Waals surface area contributed by atoms with Gasteiger partial charge >= 0.3 is 0 Å². The van der Waals surface area contributed by atoms with E-state index in [1.807, 2.05) is 12.1 Å². The molecule has 0 aliphatic carbocycles. The maximum absolute atomic E-state index is 10.6. The van der Waals surface area contributed by atoms with Crippen molar-refractivity contribution in [3.63, 3.8) is 0 Å². The summed E-state index contributed by atoms with van der Waals surface area (Å²) in [5.74, 6) is 0.982. The van der Waals surface area contributed by atoms with Crippen molar-refractivity contribution in [2.45, 2.75) is 0 Å². The van der Waals surface area contributed by atoms with E-state index in [2.05, 4.69) is 15.0 Å². The minimum absolute atomic E-state index is 0.393. The number of carbonyl (C=O) groups is 1. The second kappa shape index (κ2) is 5.92. The molecule has 0 aliphatic rings. The van der Waals surface area contributed by atoms with Crippen LogP contribution in [0.1, 0.15) is 10.4 Å². The number of benzene rings is 1. The van der Waals surface area contributed by atoms with Crippen LogP contribution in [0.2, 0.25) is 0 Å². The molecule has 102 valence electrons. The molecule has 3 rings (SSSR count). The normalized spacial score (nSPS) is 10.1. The molecule has 0 bridgehead atoms. The maximum atomic E-state index is 10.6. The number of nitrogens with zero attached hydrogens (tertiary/aromatic N) is 3. The number of pyridine rings is 1. The van der Waals surface area contributed by atoms with Gasteiger partial charge in [-0.3, -0.25) is 9.78 Å². The minimum Gasteiger partial charge on any atom is -0.437 e. The lowest BCUT2D eigenvalue weighted by Crippen LogP contribution is -1.94. The summed E-state index contributed by atoms with van der Waals surface area (Å²) in [5.41, 5.74) is 2.03. The van der Waals surface area contributed by atoms with Crippen LogP contribution in [0.15, 0.2) is 61.2 Å². The van der Waals surface area contributed by atoms with Crippen molar-refractivity contribution in [1.82, 2.24) is 15.0 Å². The predicted octanol–water partition coefficient (Wildman–Crippen LogP) is 3.14. The third-order valence-corrected chi connectivity index (χ3v) is 2.83. The minimum atomic E-state index is 0.393. The first-order valence-corrected chi connectivity index (χ1v) is 6.31. The molecular formula is C16H11N3O2. The van der Waals surface area contributed by atoms with Crippen LogP contribution in [0.4, 0.5) is 0 Å². The van der Waals surface area contributed by atoms with Crippen molar-refractivity contribution in [1.29, 1.82) is 0 Å². The fraction of sp³-hybridized carbons (Fsp3) is 0. The number of ether oxygens (including phenoxy) is 1. The number of aromatic nitrogens is 3. The van der Waals surface area contributed by atoms with E-state index < -0.39 is 0 Å². The summed E-state index contributed by atoms with van der Waals surface area (Å²) in [6.45, 7) is 0. The first-order valence-electron chi connectivity index (χ1n) is 6.31. The zero-order valence-corrected chi connectivity index (χ0v) is 11.0. The predicted molar refractivity (Wildman–Crippen MR) is 77.2 cm³/mol. The summed E-state index contributed by atoms with van der Waals surface area (Å²) in [7, 11) is 0. The highest BCUT2D eigenvalue weighted by Crippen LogP contribution is 2.28. The maximum Gasteiger partial charge on any atom is 0.246 e. The Labute approximate surface area is 121 Å². The SMILES string of the molecule is O=Cc1ccc(Oc2nccnc2-c2cccnc2)cc1. The monoisotopic (exact) mass is 277 g/mol. The van der Waals surface area contributed by atoms with Crippen molar-refractivity contribution >= 4 is 6.29 Å². The van der Waals surface area contributed by atoms with Gasteiger partial charge in [0.05, 0.1) is 0 Å². The first kappa shape index (κ1) is 12.9. The largest absolute Gasteiger partial charge is 0.437 e. The van der Waals surface area contributed by atoms with E-state index in [1.54, 1.807) is 49.1 Å². The molecule has 3 aromatic rings. The molecule has 0 N–H and O–H groups in total. The average molecular weight is 277 g/mol. The van der Waals surface area contributed by atoms with Gasteiger partial charge in [0, 0.05) is 35.9 Å². The molecule has 1 aromatic carbocycles. The Morgan fingerprint density at radius 3 is 2.48 bits per heavy atom. The summed E-state index contributed by atoms with van der Waals surface area (Å²) >= 11 is 0. The van der Waals surface area contributed by atoms with E-state index in [-0.39, 0.29) is 0 Å². The van der Waals surface area contributed by atoms with Gasteiger partial charge in [-0.1, -0.05) is 0 Å². The average Bonchev–Trinajstić information content (AvgIpc) is 2.57. The number of hydrogen-bond donors (Lipinski definition) is 0. The number of aldehydes is 1.